The number of aliphatic carboxylic acids is 1. The molecule has 0 aliphatic carbocycles. The maximum atomic E-state index is 13.1. The lowest BCUT2D eigenvalue weighted by Gasteiger charge is -2.19. The molecule has 156 valence electrons. The van der Waals surface area contributed by atoms with E-state index in [9.17, 15) is 19.5 Å². The predicted molar refractivity (Wildman–Crippen MR) is 118 cm³/mol. The first kappa shape index (κ1) is 21.5. The van der Waals surface area contributed by atoms with E-state index in [1.807, 2.05) is 24.3 Å². The van der Waals surface area contributed by atoms with Crippen molar-refractivity contribution in [1.29, 1.82) is 0 Å². The number of carboxylic acid groups (broad SMARTS) is 1. The van der Waals surface area contributed by atoms with E-state index in [0.717, 1.165) is 5.56 Å². The summed E-state index contributed by atoms with van der Waals surface area (Å²) in [7, 11) is 0. The molecule has 0 saturated heterocycles. The van der Waals surface area contributed by atoms with Gasteiger partial charge in [0.05, 0.1) is 12.5 Å². The molecule has 0 spiro atoms. The first-order valence-electron chi connectivity index (χ1n) is 9.73. The van der Waals surface area contributed by atoms with E-state index >= 15 is 0 Å². The molecule has 6 heteroatoms. The molecule has 3 rings (SSSR count). The van der Waals surface area contributed by atoms with Crippen LogP contribution < -0.4 is 10.6 Å². The van der Waals surface area contributed by atoms with Gasteiger partial charge in [0.2, 0.25) is 0 Å². The molecule has 31 heavy (non-hydrogen) atoms. The topological polar surface area (TPSA) is 95.5 Å². The normalized spacial score (nSPS) is 11.9. The quantitative estimate of drug-likeness (QED) is 0.489. The molecular weight excluding hydrogens is 392 g/mol. The Morgan fingerprint density at radius 3 is 1.94 bits per heavy atom. The minimum absolute atomic E-state index is 0.0198. The van der Waals surface area contributed by atoms with Crippen LogP contribution in [-0.4, -0.2) is 22.9 Å². The van der Waals surface area contributed by atoms with E-state index in [2.05, 4.69) is 10.6 Å². The molecule has 2 amide bonds. The summed E-state index contributed by atoms with van der Waals surface area (Å²) in [5, 5.41) is 14.7. The van der Waals surface area contributed by atoms with Crippen LogP contribution in [0.5, 0.6) is 0 Å². The van der Waals surface area contributed by atoms with Gasteiger partial charge in [0.15, 0.2) is 0 Å². The third-order valence-electron chi connectivity index (χ3n) is 4.53. The number of carboxylic acids is 1. The first-order valence-corrected chi connectivity index (χ1v) is 9.73. The molecule has 0 aromatic heterocycles. The van der Waals surface area contributed by atoms with Gasteiger partial charge in [-0.2, -0.15) is 0 Å². The largest absolute Gasteiger partial charge is 0.481 e. The van der Waals surface area contributed by atoms with Gasteiger partial charge in [-0.1, -0.05) is 78.9 Å². The van der Waals surface area contributed by atoms with Gasteiger partial charge in [-0.05, 0) is 29.3 Å². The van der Waals surface area contributed by atoms with E-state index in [1.54, 1.807) is 72.8 Å². The Morgan fingerprint density at radius 1 is 0.806 bits per heavy atom. The van der Waals surface area contributed by atoms with Crippen molar-refractivity contribution in [2.75, 3.05) is 0 Å². The van der Waals surface area contributed by atoms with Crippen LogP contribution in [0.15, 0.2) is 96.7 Å². The van der Waals surface area contributed by atoms with Crippen molar-refractivity contribution in [1.82, 2.24) is 10.6 Å². The maximum Gasteiger partial charge on any atom is 0.305 e. The molecule has 3 N–H and O–H groups in total. The highest BCUT2D eigenvalue weighted by molar-refractivity contribution is 6.05. The van der Waals surface area contributed by atoms with Gasteiger partial charge in [0.25, 0.3) is 11.8 Å². The Labute approximate surface area is 180 Å². The average molecular weight is 414 g/mol. The maximum absolute atomic E-state index is 13.1. The van der Waals surface area contributed by atoms with Crippen molar-refractivity contribution >= 4 is 23.9 Å². The highest BCUT2D eigenvalue weighted by Gasteiger charge is 2.21. The second-order valence-electron chi connectivity index (χ2n) is 6.82. The summed E-state index contributed by atoms with van der Waals surface area (Å²) in [4.78, 5) is 37.1. The zero-order valence-electron chi connectivity index (χ0n) is 16.7. The monoisotopic (exact) mass is 414 g/mol. The lowest BCUT2D eigenvalue weighted by atomic mass is 10.0. The van der Waals surface area contributed by atoms with Crippen LogP contribution in [0.1, 0.15) is 33.9 Å². The summed E-state index contributed by atoms with van der Waals surface area (Å²) >= 11 is 0. The highest BCUT2D eigenvalue weighted by Crippen LogP contribution is 2.18. The fourth-order valence-corrected chi connectivity index (χ4v) is 3.01. The zero-order valence-corrected chi connectivity index (χ0v) is 16.7. The van der Waals surface area contributed by atoms with E-state index in [1.165, 1.54) is 0 Å². The lowest BCUT2D eigenvalue weighted by molar-refractivity contribution is -0.137. The Balaban J connectivity index is 1.88. The van der Waals surface area contributed by atoms with Gasteiger partial charge in [0, 0.05) is 5.56 Å². The Kier molecular flexibility index (Phi) is 7.32. The molecule has 0 radical (unpaired) electrons. The Hall–Kier alpha value is -4.19. The molecule has 3 aromatic carbocycles. The van der Waals surface area contributed by atoms with Crippen LogP contribution in [0.2, 0.25) is 0 Å². The molecule has 0 aliphatic rings. The van der Waals surface area contributed by atoms with Gasteiger partial charge in [-0.3, -0.25) is 14.4 Å². The van der Waals surface area contributed by atoms with Crippen molar-refractivity contribution in [2.45, 2.75) is 12.5 Å². The number of hydrogen-bond acceptors (Lipinski definition) is 3. The van der Waals surface area contributed by atoms with Gasteiger partial charge < -0.3 is 15.7 Å². The first-order chi connectivity index (χ1) is 15.0. The third-order valence-corrected chi connectivity index (χ3v) is 4.53. The summed E-state index contributed by atoms with van der Waals surface area (Å²) < 4.78 is 0. The third kappa shape index (κ3) is 6.40. The Bertz CT molecular complexity index is 1060. The zero-order chi connectivity index (χ0) is 22.1. The smallest absolute Gasteiger partial charge is 0.305 e. The molecule has 0 heterocycles. The molecule has 6 nitrogen and oxygen atoms in total. The number of nitrogens with one attached hydrogen (secondary N) is 2. The van der Waals surface area contributed by atoms with E-state index in [-0.39, 0.29) is 12.1 Å². The van der Waals surface area contributed by atoms with Crippen LogP contribution in [0, 0.1) is 0 Å². The summed E-state index contributed by atoms with van der Waals surface area (Å²) in [6, 6.07) is 25.7. The minimum atomic E-state index is -1.05. The number of carbonyl (C=O) groups is 3. The fourth-order valence-electron chi connectivity index (χ4n) is 3.01. The van der Waals surface area contributed by atoms with Crippen molar-refractivity contribution < 1.29 is 19.5 Å². The van der Waals surface area contributed by atoms with Gasteiger partial charge in [-0.15, -0.1) is 0 Å². The highest BCUT2D eigenvalue weighted by atomic mass is 16.4. The van der Waals surface area contributed by atoms with Crippen molar-refractivity contribution in [3.63, 3.8) is 0 Å². The van der Waals surface area contributed by atoms with Gasteiger partial charge in [-0.25, -0.2) is 0 Å². The molecule has 0 bridgehead atoms. The summed E-state index contributed by atoms with van der Waals surface area (Å²) in [5.41, 5.74) is 1.80. The lowest BCUT2D eigenvalue weighted by Crippen LogP contribution is -2.37. The number of hydrogen-bond donors (Lipinski definition) is 3. The number of carbonyl (C=O) groups excluding carboxylic acids is 2. The number of rotatable bonds is 8. The molecule has 1 atom stereocenters. The molecule has 0 aliphatic heterocycles. The van der Waals surface area contributed by atoms with Crippen LogP contribution in [0.4, 0.5) is 0 Å². The van der Waals surface area contributed by atoms with Crippen molar-refractivity contribution in [3.8, 4) is 0 Å². The van der Waals surface area contributed by atoms with Crippen LogP contribution in [0.25, 0.3) is 6.08 Å². The van der Waals surface area contributed by atoms with Gasteiger partial charge >= 0.3 is 5.97 Å². The van der Waals surface area contributed by atoms with Crippen molar-refractivity contribution in [3.05, 3.63) is 113 Å². The molecule has 0 unspecified atom stereocenters. The van der Waals surface area contributed by atoms with E-state index in [4.69, 9.17) is 0 Å². The summed E-state index contributed by atoms with van der Waals surface area (Å²) in [6.45, 7) is 0. The fraction of sp³-hybridized carbons (Fsp3) is 0.0800. The van der Waals surface area contributed by atoms with Crippen LogP contribution in [0.3, 0.4) is 0 Å². The SMILES string of the molecule is O=C(O)C[C@H](NC(=O)/C(=C\c1ccccc1)NC(=O)c1ccccc1)c1ccccc1. The van der Waals surface area contributed by atoms with E-state index < -0.39 is 23.8 Å². The second kappa shape index (κ2) is 10.5. The molecular formula is C25H22N2O4. The van der Waals surface area contributed by atoms with Gasteiger partial charge in [0.1, 0.15) is 5.70 Å². The molecule has 0 saturated carbocycles. The number of amides is 2. The predicted octanol–water partition coefficient (Wildman–Crippen LogP) is 3.79. The number of benzene rings is 3. The standard InChI is InChI=1S/C25H22N2O4/c28-23(29)17-21(19-12-6-2-7-13-19)26-25(31)22(16-18-10-4-1-5-11-18)27-24(30)20-14-8-3-9-15-20/h1-16,21H,17H2,(H,26,31)(H,27,30)(H,28,29)/b22-16+/t21-/m0/s1. The minimum Gasteiger partial charge on any atom is -0.481 e. The van der Waals surface area contributed by atoms with E-state index in [0.29, 0.717) is 11.1 Å². The van der Waals surface area contributed by atoms with Crippen LogP contribution in [-0.2, 0) is 9.59 Å². The second-order valence-corrected chi connectivity index (χ2v) is 6.82. The summed E-state index contributed by atoms with van der Waals surface area (Å²) in [6.07, 6.45) is 1.26. The van der Waals surface area contributed by atoms with Crippen LogP contribution >= 0.6 is 0 Å². The Morgan fingerprint density at radius 2 is 1.35 bits per heavy atom. The van der Waals surface area contributed by atoms with Crippen molar-refractivity contribution in [2.24, 2.45) is 0 Å². The average Bonchev–Trinajstić information content (AvgIpc) is 2.79. The molecule has 3 aromatic rings. The molecule has 0 fully saturated rings. The summed E-state index contributed by atoms with van der Waals surface area (Å²) in [5.74, 6) is -2.06.